The minimum Gasteiger partial charge on any atom is -0.364 e. The zero-order chi connectivity index (χ0) is 10.1. The van der Waals surface area contributed by atoms with Gasteiger partial charge in [0.2, 0.25) is 0 Å². The lowest BCUT2D eigenvalue weighted by Crippen LogP contribution is -2.19. The standard InChI is InChI=1S/C11H12BrNO/c1-8-2-3-9(6-11(8)12)13-5-4-10(14)7-13/h2-3,6H,4-5,7H2,1H3. The SMILES string of the molecule is Cc1ccc(N2CCC(=O)C2)cc1Br. The first-order chi connectivity index (χ1) is 6.66. The lowest BCUT2D eigenvalue weighted by Gasteiger charge is -2.17. The van der Waals surface area contributed by atoms with Gasteiger partial charge in [-0.1, -0.05) is 22.0 Å². The molecule has 3 heteroatoms. The van der Waals surface area contributed by atoms with Crippen LogP contribution in [0.3, 0.4) is 0 Å². The molecule has 0 bridgehead atoms. The third kappa shape index (κ3) is 1.82. The number of hydrogen-bond donors (Lipinski definition) is 0. The first kappa shape index (κ1) is 9.71. The number of halogens is 1. The van der Waals surface area contributed by atoms with Gasteiger partial charge in [0.15, 0.2) is 5.78 Å². The quantitative estimate of drug-likeness (QED) is 0.767. The summed E-state index contributed by atoms with van der Waals surface area (Å²) < 4.78 is 1.11. The predicted octanol–water partition coefficient (Wildman–Crippen LogP) is 2.54. The summed E-state index contributed by atoms with van der Waals surface area (Å²) in [4.78, 5) is 13.2. The molecule has 14 heavy (non-hydrogen) atoms. The van der Waals surface area contributed by atoms with E-state index in [0.717, 1.165) is 16.7 Å². The van der Waals surface area contributed by atoms with E-state index in [2.05, 4.69) is 46.0 Å². The number of carbonyl (C=O) groups excluding carboxylic acids is 1. The van der Waals surface area contributed by atoms with Crippen LogP contribution in [0, 0.1) is 6.92 Å². The molecule has 0 atom stereocenters. The van der Waals surface area contributed by atoms with Gasteiger partial charge in [0.05, 0.1) is 6.54 Å². The van der Waals surface area contributed by atoms with Gasteiger partial charge in [-0.05, 0) is 24.6 Å². The highest BCUT2D eigenvalue weighted by atomic mass is 79.9. The summed E-state index contributed by atoms with van der Waals surface area (Å²) in [6.45, 7) is 3.48. The van der Waals surface area contributed by atoms with Gasteiger partial charge in [0.1, 0.15) is 0 Å². The maximum atomic E-state index is 11.1. The zero-order valence-corrected chi connectivity index (χ0v) is 9.67. The van der Waals surface area contributed by atoms with E-state index in [1.165, 1.54) is 5.56 Å². The van der Waals surface area contributed by atoms with Crippen molar-refractivity contribution >= 4 is 27.4 Å². The van der Waals surface area contributed by atoms with E-state index in [1.807, 2.05) is 0 Å². The Balaban J connectivity index is 2.24. The highest BCUT2D eigenvalue weighted by Gasteiger charge is 2.19. The van der Waals surface area contributed by atoms with Crippen molar-refractivity contribution in [2.24, 2.45) is 0 Å². The van der Waals surface area contributed by atoms with Gasteiger partial charge in [-0.2, -0.15) is 0 Å². The maximum Gasteiger partial charge on any atom is 0.153 e. The molecule has 2 rings (SSSR count). The Hall–Kier alpha value is -0.830. The van der Waals surface area contributed by atoms with Crippen LogP contribution in [0.5, 0.6) is 0 Å². The Morgan fingerprint density at radius 2 is 2.21 bits per heavy atom. The second-order valence-corrected chi connectivity index (χ2v) is 4.50. The van der Waals surface area contributed by atoms with Gasteiger partial charge >= 0.3 is 0 Å². The molecule has 1 heterocycles. The summed E-state index contributed by atoms with van der Waals surface area (Å²) in [7, 11) is 0. The van der Waals surface area contributed by atoms with Crippen LogP contribution in [0.2, 0.25) is 0 Å². The van der Waals surface area contributed by atoms with Crippen molar-refractivity contribution in [3.8, 4) is 0 Å². The summed E-state index contributed by atoms with van der Waals surface area (Å²) in [5.74, 6) is 0.335. The van der Waals surface area contributed by atoms with E-state index in [4.69, 9.17) is 0 Å². The molecule has 0 radical (unpaired) electrons. The van der Waals surface area contributed by atoms with E-state index in [0.29, 0.717) is 18.7 Å². The molecule has 0 aliphatic carbocycles. The Labute approximate surface area is 92.0 Å². The molecule has 74 valence electrons. The van der Waals surface area contributed by atoms with Gasteiger partial charge in [0.25, 0.3) is 0 Å². The third-order valence-electron chi connectivity index (χ3n) is 2.55. The number of anilines is 1. The van der Waals surface area contributed by atoms with E-state index in [9.17, 15) is 4.79 Å². The lowest BCUT2D eigenvalue weighted by molar-refractivity contribution is -0.116. The molecule has 1 fully saturated rings. The minimum atomic E-state index is 0.335. The fourth-order valence-electron chi connectivity index (χ4n) is 1.63. The largest absolute Gasteiger partial charge is 0.364 e. The molecule has 0 spiro atoms. The van der Waals surface area contributed by atoms with E-state index in [-0.39, 0.29) is 0 Å². The van der Waals surface area contributed by atoms with Crippen LogP contribution in [-0.4, -0.2) is 18.9 Å². The Morgan fingerprint density at radius 1 is 1.43 bits per heavy atom. The monoisotopic (exact) mass is 253 g/mol. The molecule has 1 aromatic rings. The Bertz CT molecular complexity index is 376. The van der Waals surface area contributed by atoms with Crippen LogP contribution >= 0.6 is 15.9 Å². The average Bonchev–Trinajstić information content (AvgIpc) is 2.57. The van der Waals surface area contributed by atoms with Gasteiger partial charge in [-0.3, -0.25) is 4.79 Å². The van der Waals surface area contributed by atoms with Crippen molar-refractivity contribution < 1.29 is 4.79 Å². The first-order valence-corrected chi connectivity index (χ1v) is 5.49. The third-order valence-corrected chi connectivity index (χ3v) is 3.40. The Kier molecular flexibility index (Phi) is 2.59. The lowest BCUT2D eigenvalue weighted by atomic mass is 10.2. The number of rotatable bonds is 1. The van der Waals surface area contributed by atoms with Gasteiger partial charge in [-0.25, -0.2) is 0 Å². The van der Waals surface area contributed by atoms with Crippen molar-refractivity contribution in [3.05, 3.63) is 28.2 Å². The molecule has 2 nitrogen and oxygen atoms in total. The van der Waals surface area contributed by atoms with Crippen molar-refractivity contribution in [1.82, 2.24) is 0 Å². The van der Waals surface area contributed by atoms with E-state index >= 15 is 0 Å². The topological polar surface area (TPSA) is 20.3 Å². The van der Waals surface area contributed by atoms with Crippen LogP contribution < -0.4 is 4.90 Å². The number of ketones is 1. The Morgan fingerprint density at radius 3 is 2.79 bits per heavy atom. The number of aryl methyl sites for hydroxylation is 1. The van der Waals surface area contributed by atoms with Crippen LogP contribution in [0.1, 0.15) is 12.0 Å². The normalized spacial score (nSPS) is 16.4. The van der Waals surface area contributed by atoms with Crippen molar-refractivity contribution in [3.63, 3.8) is 0 Å². The van der Waals surface area contributed by atoms with Crippen molar-refractivity contribution in [2.75, 3.05) is 18.0 Å². The number of benzene rings is 1. The van der Waals surface area contributed by atoms with Crippen molar-refractivity contribution in [2.45, 2.75) is 13.3 Å². The molecule has 1 aliphatic heterocycles. The van der Waals surface area contributed by atoms with Crippen LogP contribution in [-0.2, 0) is 4.79 Å². The number of nitrogens with zero attached hydrogens (tertiary/aromatic N) is 1. The molecule has 0 amide bonds. The van der Waals surface area contributed by atoms with Crippen LogP contribution in [0.4, 0.5) is 5.69 Å². The molecule has 0 aromatic heterocycles. The molecule has 0 saturated carbocycles. The molecule has 0 unspecified atom stereocenters. The highest BCUT2D eigenvalue weighted by Crippen LogP contribution is 2.25. The minimum absolute atomic E-state index is 0.335. The summed E-state index contributed by atoms with van der Waals surface area (Å²) in [6.07, 6.45) is 0.686. The number of hydrogen-bond acceptors (Lipinski definition) is 2. The van der Waals surface area contributed by atoms with Crippen LogP contribution in [0.15, 0.2) is 22.7 Å². The van der Waals surface area contributed by atoms with Crippen LogP contribution in [0.25, 0.3) is 0 Å². The summed E-state index contributed by atoms with van der Waals surface area (Å²) >= 11 is 3.50. The summed E-state index contributed by atoms with van der Waals surface area (Å²) in [5, 5.41) is 0. The predicted molar refractivity (Wildman–Crippen MR) is 60.7 cm³/mol. The number of carbonyl (C=O) groups is 1. The molecular formula is C11H12BrNO. The maximum absolute atomic E-state index is 11.1. The van der Waals surface area contributed by atoms with E-state index < -0.39 is 0 Å². The second kappa shape index (κ2) is 3.73. The van der Waals surface area contributed by atoms with Gasteiger partial charge in [0, 0.05) is 23.1 Å². The highest BCUT2D eigenvalue weighted by molar-refractivity contribution is 9.10. The number of Topliss-reactive ketones (excluding diaryl/α,β-unsaturated/α-hetero) is 1. The van der Waals surface area contributed by atoms with Gasteiger partial charge in [-0.15, -0.1) is 0 Å². The fraction of sp³-hybridized carbons (Fsp3) is 0.364. The molecule has 1 saturated heterocycles. The molecule has 0 N–H and O–H groups in total. The molecule has 1 aliphatic rings. The average molecular weight is 254 g/mol. The summed E-state index contributed by atoms with van der Waals surface area (Å²) in [5.41, 5.74) is 2.35. The van der Waals surface area contributed by atoms with Gasteiger partial charge < -0.3 is 4.90 Å². The van der Waals surface area contributed by atoms with E-state index in [1.54, 1.807) is 0 Å². The summed E-state index contributed by atoms with van der Waals surface area (Å²) in [6, 6.07) is 6.22. The first-order valence-electron chi connectivity index (χ1n) is 4.69. The molecular weight excluding hydrogens is 242 g/mol. The fourth-order valence-corrected chi connectivity index (χ4v) is 2.00. The smallest absolute Gasteiger partial charge is 0.153 e. The zero-order valence-electron chi connectivity index (χ0n) is 8.09. The molecule has 1 aromatic carbocycles. The van der Waals surface area contributed by atoms with Crippen molar-refractivity contribution in [1.29, 1.82) is 0 Å². The second-order valence-electron chi connectivity index (χ2n) is 3.64.